The van der Waals surface area contributed by atoms with Crippen molar-refractivity contribution in [2.75, 3.05) is 13.1 Å². The van der Waals surface area contributed by atoms with Crippen LogP contribution in [0.15, 0.2) is 0 Å². The van der Waals surface area contributed by atoms with Gasteiger partial charge in [0.15, 0.2) is 0 Å². The zero-order chi connectivity index (χ0) is 14.2. The summed E-state index contributed by atoms with van der Waals surface area (Å²) in [5.74, 6) is 0.366. The fourth-order valence-electron chi connectivity index (χ4n) is 3.78. The number of carbonyl (C=O) groups excluding carboxylic acids is 2. The van der Waals surface area contributed by atoms with Gasteiger partial charge in [-0.1, -0.05) is 12.8 Å². The van der Waals surface area contributed by atoms with Gasteiger partial charge >= 0.3 is 0 Å². The van der Waals surface area contributed by atoms with Gasteiger partial charge in [-0.15, -0.1) is 0 Å². The fourth-order valence-corrected chi connectivity index (χ4v) is 3.78. The summed E-state index contributed by atoms with van der Waals surface area (Å²) in [5.41, 5.74) is -0.357. The molecule has 1 unspecified atom stereocenters. The van der Waals surface area contributed by atoms with Gasteiger partial charge in [-0.05, 0) is 40.5 Å². The molecule has 1 saturated heterocycles. The van der Waals surface area contributed by atoms with Crippen molar-refractivity contribution >= 4 is 11.8 Å². The van der Waals surface area contributed by atoms with E-state index in [1.54, 1.807) is 0 Å². The van der Waals surface area contributed by atoms with Crippen LogP contribution in [0.3, 0.4) is 0 Å². The first-order valence-electron chi connectivity index (χ1n) is 7.61. The molecule has 0 bridgehead atoms. The summed E-state index contributed by atoms with van der Waals surface area (Å²) in [5, 5.41) is 0. The van der Waals surface area contributed by atoms with Crippen molar-refractivity contribution < 1.29 is 9.59 Å². The summed E-state index contributed by atoms with van der Waals surface area (Å²) >= 11 is 0. The van der Waals surface area contributed by atoms with Crippen LogP contribution in [0.4, 0.5) is 0 Å². The van der Waals surface area contributed by atoms with Crippen LogP contribution in [0.1, 0.15) is 53.4 Å². The number of amides is 2. The third-order valence-corrected chi connectivity index (χ3v) is 4.82. The molecule has 2 rings (SSSR count). The highest BCUT2D eigenvalue weighted by molar-refractivity contribution is 6.02. The summed E-state index contributed by atoms with van der Waals surface area (Å²) in [7, 11) is 0. The zero-order valence-corrected chi connectivity index (χ0v) is 12.6. The number of hydrogen-bond acceptors (Lipinski definition) is 2. The molecule has 0 aromatic rings. The molecule has 1 spiro atoms. The third-order valence-electron chi connectivity index (χ3n) is 4.82. The zero-order valence-electron chi connectivity index (χ0n) is 12.6. The monoisotopic (exact) mass is 266 g/mol. The van der Waals surface area contributed by atoms with E-state index in [4.69, 9.17) is 0 Å². The van der Waals surface area contributed by atoms with E-state index in [1.807, 2.05) is 37.5 Å². The van der Waals surface area contributed by atoms with Gasteiger partial charge in [0.05, 0.1) is 5.41 Å². The SMILES string of the molecule is CCN(CC)C(=O)C1N(C(C)C)C(=O)C12CCCC2. The Balaban J connectivity index is 2.27. The molecule has 2 fully saturated rings. The van der Waals surface area contributed by atoms with Crippen LogP contribution >= 0.6 is 0 Å². The molecule has 4 heteroatoms. The Hall–Kier alpha value is -1.06. The van der Waals surface area contributed by atoms with Crippen LogP contribution in [0.5, 0.6) is 0 Å². The summed E-state index contributed by atoms with van der Waals surface area (Å²) < 4.78 is 0. The van der Waals surface area contributed by atoms with Crippen molar-refractivity contribution in [3.63, 3.8) is 0 Å². The first-order chi connectivity index (χ1) is 8.99. The topological polar surface area (TPSA) is 40.6 Å². The summed E-state index contributed by atoms with van der Waals surface area (Å²) in [6.07, 6.45) is 3.96. The van der Waals surface area contributed by atoms with Crippen LogP contribution in [-0.4, -0.2) is 46.8 Å². The number of hydrogen-bond donors (Lipinski definition) is 0. The van der Waals surface area contributed by atoms with Crippen molar-refractivity contribution in [3.8, 4) is 0 Å². The molecule has 0 aromatic carbocycles. The van der Waals surface area contributed by atoms with Crippen LogP contribution in [0.25, 0.3) is 0 Å². The molecule has 1 saturated carbocycles. The number of rotatable bonds is 4. The van der Waals surface area contributed by atoms with Gasteiger partial charge in [-0.2, -0.15) is 0 Å². The Morgan fingerprint density at radius 2 is 1.84 bits per heavy atom. The first kappa shape index (κ1) is 14.4. The minimum absolute atomic E-state index is 0.114. The van der Waals surface area contributed by atoms with E-state index < -0.39 is 0 Å². The Bertz CT molecular complexity index is 368. The second kappa shape index (κ2) is 5.14. The summed E-state index contributed by atoms with van der Waals surface area (Å²) in [6.45, 7) is 9.46. The highest BCUT2D eigenvalue weighted by Crippen LogP contribution is 2.52. The van der Waals surface area contributed by atoms with E-state index >= 15 is 0 Å². The van der Waals surface area contributed by atoms with Crippen LogP contribution in [0, 0.1) is 5.41 Å². The lowest BCUT2D eigenvalue weighted by Gasteiger charge is -2.56. The molecule has 0 aromatic heterocycles. The molecule has 19 heavy (non-hydrogen) atoms. The molecule has 1 aliphatic carbocycles. The van der Waals surface area contributed by atoms with E-state index in [9.17, 15) is 9.59 Å². The quantitative estimate of drug-likeness (QED) is 0.731. The Morgan fingerprint density at radius 1 is 1.32 bits per heavy atom. The fraction of sp³-hybridized carbons (Fsp3) is 0.867. The largest absolute Gasteiger partial charge is 0.341 e. The van der Waals surface area contributed by atoms with E-state index in [1.165, 1.54) is 0 Å². The standard InChI is InChI=1S/C15H26N2O2/c1-5-16(6-2)13(18)12-15(9-7-8-10-15)14(19)17(12)11(3)4/h11-12H,5-10H2,1-4H3. The maximum atomic E-state index is 12.7. The van der Waals surface area contributed by atoms with E-state index in [0.29, 0.717) is 0 Å². The molecule has 4 nitrogen and oxygen atoms in total. The molecule has 1 atom stereocenters. The first-order valence-corrected chi connectivity index (χ1v) is 7.61. The Morgan fingerprint density at radius 3 is 2.26 bits per heavy atom. The van der Waals surface area contributed by atoms with Gasteiger partial charge in [0.25, 0.3) is 0 Å². The van der Waals surface area contributed by atoms with Crippen molar-refractivity contribution in [1.29, 1.82) is 0 Å². The Labute approximate surface area is 116 Å². The summed E-state index contributed by atoms with van der Waals surface area (Å²) in [6, 6.07) is -0.0920. The van der Waals surface area contributed by atoms with Crippen molar-refractivity contribution in [2.45, 2.75) is 65.5 Å². The lowest BCUT2D eigenvalue weighted by atomic mass is 9.67. The molecule has 1 heterocycles. The number of nitrogens with zero attached hydrogens (tertiary/aromatic N) is 2. The predicted molar refractivity (Wildman–Crippen MR) is 74.6 cm³/mol. The van der Waals surface area contributed by atoms with Gasteiger partial charge in [-0.3, -0.25) is 9.59 Å². The summed E-state index contributed by atoms with van der Waals surface area (Å²) in [4.78, 5) is 28.9. The number of carbonyl (C=O) groups is 2. The van der Waals surface area contributed by atoms with Crippen molar-refractivity contribution in [1.82, 2.24) is 9.80 Å². The Kier molecular flexibility index (Phi) is 3.88. The van der Waals surface area contributed by atoms with E-state index in [0.717, 1.165) is 38.8 Å². The minimum Gasteiger partial charge on any atom is -0.341 e. The minimum atomic E-state index is -0.357. The van der Waals surface area contributed by atoms with Crippen LogP contribution < -0.4 is 0 Å². The lowest BCUT2D eigenvalue weighted by molar-refractivity contribution is -0.184. The highest BCUT2D eigenvalue weighted by Gasteiger charge is 2.65. The van der Waals surface area contributed by atoms with Crippen LogP contribution in [-0.2, 0) is 9.59 Å². The van der Waals surface area contributed by atoms with Crippen molar-refractivity contribution in [2.24, 2.45) is 5.41 Å². The highest BCUT2D eigenvalue weighted by atomic mass is 16.2. The molecule has 0 radical (unpaired) electrons. The molecule has 1 aliphatic heterocycles. The second-order valence-corrected chi connectivity index (χ2v) is 6.08. The molecule has 0 N–H and O–H groups in total. The number of β-lactam (4-membered cyclic amide) rings is 1. The normalized spacial score (nSPS) is 25.0. The van der Waals surface area contributed by atoms with Gasteiger partial charge in [0, 0.05) is 19.1 Å². The number of likely N-dealkylation sites (N-methyl/N-ethyl adjacent to an activating group) is 1. The molecule has 108 valence electrons. The second-order valence-electron chi connectivity index (χ2n) is 6.08. The van der Waals surface area contributed by atoms with Crippen LogP contribution in [0.2, 0.25) is 0 Å². The van der Waals surface area contributed by atoms with Gasteiger partial charge in [0.2, 0.25) is 11.8 Å². The van der Waals surface area contributed by atoms with Gasteiger partial charge in [0.1, 0.15) is 6.04 Å². The molecular formula is C15H26N2O2. The molecule has 2 amide bonds. The van der Waals surface area contributed by atoms with E-state index in [-0.39, 0.29) is 29.3 Å². The van der Waals surface area contributed by atoms with E-state index in [2.05, 4.69) is 0 Å². The third kappa shape index (κ3) is 1.96. The number of likely N-dealkylation sites (tertiary alicyclic amines) is 1. The maximum absolute atomic E-state index is 12.7. The van der Waals surface area contributed by atoms with Crippen molar-refractivity contribution in [3.05, 3.63) is 0 Å². The maximum Gasteiger partial charge on any atom is 0.246 e. The molecular weight excluding hydrogens is 240 g/mol. The average Bonchev–Trinajstić information content (AvgIpc) is 2.87. The van der Waals surface area contributed by atoms with Gasteiger partial charge < -0.3 is 9.80 Å². The molecule has 2 aliphatic rings. The smallest absolute Gasteiger partial charge is 0.246 e. The lowest BCUT2D eigenvalue weighted by Crippen LogP contribution is -2.74. The van der Waals surface area contributed by atoms with Gasteiger partial charge in [-0.25, -0.2) is 0 Å². The predicted octanol–water partition coefficient (Wildman–Crippen LogP) is 2.03. The average molecular weight is 266 g/mol.